The number of hydrogen-bond donors (Lipinski definition) is 2. The van der Waals surface area contributed by atoms with Crippen molar-refractivity contribution >= 4 is 11.6 Å². The van der Waals surface area contributed by atoms with Crippen LogP contribution < -0.4 is 5.73 Å². The van der Waals surface area contributed by atoms with Gasteiger partial charge in [0.1, 0.15) is 5.75 Å². The topological polar surface area (TPSA) is 46.2 Å². The Morgan fingerprint density at radius 1 is 1.00 bits per heavy atom. The molecule has 0 atom stereocenters. The minimum absolute atomic E-state index is 0.247. The molecule has 2 nitrogen and oxygen atoms in total. The second-order valence-electron chi connectivity index (χ2n) is 6.50. The molecule has 20 heavy (non-hydrogen) atoms. The fraction of sp³-hybridized carbons (Fsp3) is 0.647. The van der Waals surface area contributed by atoms with Crippen LogP contribution in [-0.2, 0) is 18.4 Å². The van der Waals surface area contributed by atoms with Gasteiger partial charge in [0.2, 0.25) is 0 Å². The summed E-state index contributed by atoms with van der Waals surface area (Å²) in [6, 6.07) is 1.97. The number of phenolic OH excluding ortho intramolecular Hbond substituents is 1. The second kappa shape index (κ2) is 5.57. The first-order chi connectivity index (χ1) is 9.62. The number of halogens is 1. The summed E-state index contributed by atoms with van der Waals surface area (Å²) in [5.41, 5.74) is 9.92. The molecule has 2 aliphatic carbocycles. The number of aromatic hydroxyl groups is 1. The highest BCUT2D eigenvalue weighted by Crippen LogP contribution is 2.46. The van der Waals surface area contributed by atoms with Gasteiger partial charge < -0.3 is 10.8 Å². The lowest BCUT2D eigenvalue weighted by molar-refractivity contribution is 0.290. The van der Waals surface area contributed by atoms with E-state index in [1.807, 2.05) is 6.07 Å². The van der Waals surface area contributed by atoms with Crippen molar-refractivity contribution in [3.05, 3.63) is 27.8 Å². The van der Waals surface area contributed by atoms with E-state index in [2.05, 4.69) is 0 Å². The molecule has 2 aliphatic rings. The van der Waals surface area contributed by atoms with Gasteiger partial charge in [-0.05, 0) is 55.7 Å². The lowest BCUT2D eigenvalue weighted by Gasteiger charge is -2.36. The van der Waals surface area contributed by atoms with Gasteiger partial charge in [-0.15, -0.1) is 0 Å². The van der Waals surface area contributed by atoms with Gasteiger partial charge >= 0.3 is 0 Å². The molecule has 0 amide bonds. The number of benzene rings is 1. The Morgan fingerprint density at radius 2 is 1.65 bits per heavy atom. The first-order valence-electron chi connectivity index (χ1n) is 7.94. The van der Waals surface area contributed by atoms with Crippen LogP contribution in [0.25, 0.3) is 0 Å². The Hall–Kier alpha value is -0.730. The van der Waals surface area contributed by atoms with Crippen LogP contribution in [0.15, 0.2) is 6.07 Å². The van der Waals surface area contributed by atoms with Crippen molar-refractivity contribution in [2.75, 3.05) is 0 Å². The SMILES string of the molecule is NC1(c2c(O)c(Cl)cc3c2CCCCC3)CCCCC1. The van der Waals surface area contributed by atoms with E-state index in [0.29, 0.717) is 5.02 Å². The fourth-order valence-electron chi connectivity index (χ4n) is 4.00. The van der Waals surface area contributed by atoms with Crippen molar-refractivity contribution < 1.29 is 5.11 Å². The van der Waals surface area contributed by atoms with Gasteiger partial charge in [0.15, 0.2) is 0 Å². The zero-order chi connectivity index (χ0) is 14.2. The van der Waals surface area contributed by atoms with Gasteiger partial charge in [-0.3, -0.25) is 0 Å². The van der Waals surface area contributed by atoms with Crippen LogP contribution in [0.5, 0.6) is 5.75 Å². The molecule has 110 valence electrons. The highest BCUT2D eigenvalue weighted by molar-refractivity contribution is 6.32. The number of phenols is 1. The highest BCUT2D eigenvalue weighted by atomic mass is 35.5. The Bertz CT molecular complexity index is 506. The van der Waals surface area contributed by atoms with Crippen LogP contribution in [0.1, 0.15) is 68.1 Å². The van der Waals surface area contributed by atoms with E-state index in [1.165, 1.54) is 36.8 Å². The van der Waals surface area contributed by atoms with Gasteiger partial charge in [0.05, 0.1) is 5.02 Å². The molecule has 0 aromatic heterocycles. The lowest BCUT2D eigenvalue weighted by Crippen LogP contribution is -2.39. The fourth-order valence-corrected chi connectivity index (χ4v) is 4.23. The molecule has 0 saturated heterocycles. The van der Waals surface area contributed by atoms with Crippen molar-refractivity contribution in [3.63, 3.8) is 0 Å². The van der Waals surface area contributed by atoms with E-state index in [4.69, 9.17) is 17.3 Å². The predicted octanol–water partition coefficient (Wildman–Crippen LogP) is 4.43. The summed E-state index contributed by atoms with van der Waals surface area (Å²) in [5.74, 6) is 0.247. The quantitative estimate of drug-likeness (QED) is 0.752. The van der Waals surface area contributed by atoms with E-state index in [9.17, 15) is 5.11 Å². The predicted molar refractivity (Wildman–Crippen MR) is 83.3 cm³/mol. The summed E-state index contributed by atoms with van der Waals surface area (Å²) in [7, 11) is 0. The Labute approximate surface area is 126 Å². The smallest absolute Gasteiger partial charge is 0.139 e. The molecule has 0 unspecified atom stereocenters. The molecule has 1 aromatic rings. The van der Waals surface area contributed by atoms with E-state index in [0.717, 1.165) is 44.1 Å². The normalized spacial score (nSPS) is 22.1. The summed E-state index contributed by atoms with van der Waals surface area (Å²) in [6.07, 6.45) is 11.2. The first-order valence-corrected chi connectivity index (χ1v) is 8.32. The monoisotopic (exact) mass is 293 g/mol. The molecule has 1 saturated carbocycles. The summed E-state index contributed by atoms with van der Waals surface area (Å²) < 4.78 is 0. The van der Waals surface area contributed by atoms with Gasteiger partial charge in [0, 0.05) is 11.1 Å². The first kappa shape index (κ1) is 14.2. The molecular weight excluding hydrogens is 270 g/mol. The van der Waals surface area contributed by atoms with Gasteiger partial charge in [-0.25, -0.2) is 0 Å². The van der Waals surface area contributed by atoms with Crippen LogP contribution >= 0.6 is 11.6 Å². The summed E-state index contributed by atoms with van der Waals surface area (Å²) >= 11 is 6.28. The van der Waals surface area contributed by atoms with Crippen molar-refractivity contribution in [3.8, 4) is 5.75 Å². The van der Waals surface area contributed by atoms with Crippen LogP contribution in [0.2, 0.25) is 5.02 Å². The summed E-state index contributed by atoms with van der Waals surface area (Å²) in [5, 5.41) is 11.0. The molecule has 1 aromatic carbocycles. The Morgan fingerprint density at radius 3 is 2.40 bits per heavy atom. The summed E-state index contributed by atoms with van der Waals surface area (Å²) in [6.45, 7) is 0. The maximum atomic E-state index is 10.6. The highest BCUT2D eigenvalue weighted by Gasteiger charge is 2.35. The van der Waals surface area contributed by atoms with E-state index in [1.54, 1.807) is 0 Å². The number of aryl methyl sites for hydroxylation is 1. The number of nitrogens with two attached hydrogens (primary N) is 1. The maximum Gasteiger partial charge on any atom is 0.139 e. The molecule has 3 rings (SSSR count). The molecular formula is C17H24ClNO. The third kappa shape index (κ3) is 2.44. The zero-order valence-electron chi connectivity index (χ0n) is 12.1. The number of fused-ring (bicyclic) bond motifs is 1. The van der Waals surface area contributed by atoms with E-state index < -0.39 is 0 Å². The molecule has 0 aliphatic heterocycles. The van der Waals surface area contributed by atoms with Gasteiger partial charge in [-0.2, -0.15) is 0 Å². The molecule has 0 heterocycles. The minimum Gasteiger partial charge on any atom is -0.506 e. The van der Waals surface area contributed by atoms with Crippen molar-refractivity contribution in [1.82, 2.24) is 0 Å². The molecule has 0 spiro atoms. The van der Waals surface area contributed by atoms with Crippen LogP contribution in [0, 0.1) is 0 Å². The van der Waals surface area contributed by atoms with Gasteiger partial charge in [-0.1, -0.05) is 37.3 Å². The second-order valence-corrected chi connectivity index (χ2v) is 6.90. The van der Waals surface area contributed by atoms with Crippen LogP contribution in [0.3, 0.4) is 0 Å². The average Bonchev–Trinajstić information content (AvgIpc) is 2.65. The molecule has 1 fully saturated rings. The van der Waals surface area contributed by atoms with Crippen LogP contribution in [0.4, 0.5) is 0 Å². The van der Waals surface area contributed by atoms with Crippen molar-refractivity contribution in [2.45, 2.75) is 69.7 Å². The minimum atomic E-state index is -0.373. The van der Waals surface area contributed by atoms with Crippen molar-refractivity contribution in [1.29, 1.82) is 0 Å². The number of hydrogen-bond acceptors (Lipinski definition) is 2. The Kier molecular flexibility index (Phi) is 3.96. The Balaban J connectivity index is 2.14. The van der Waals surface area contributed by atoms with Crippen LogP contribution in [-0.4, -0.2) is 5.11 Å². The zero-order valence-corrected chi connectivity index (χ0v) is 12.8. The van der Waals surface area contributed by atoms with Gasteiger partial charge in [0.25, 0.3) is 0 Å². The third-order valence-corrected chi connectivity index (χ3v) is 5.36. The van der Waals surface area contributed by atoms with E-state index >= 15 is 0 Å². The molecule has 0 radical (unpaired) electrons. The van der Waals surface area contributed by atoms with Crippen molar-refractivity contribution in [2.24, 2.45) is 5.73 Å². The molecule has 3 heteroatoms. The number of rotatable bonds is 1. The molecule has 0 bridgehead atoms. The molecule has 3 N–H and O–H groups in total. The lowest BCUT2D eigenvalue weighted by atomic mass is 9.74. The maximum absolute atomic E-state index is 10.6. The average molecular weight is 294 g/mol. The van der Waals surface area contributed by atoms with E-state index in [-0.39, 0.29) is 11.3 Å². The largest absolute Gasteiger partial charge is 0.506 e. The third-order valence-electron chi connectivity index (χ3n) is 5.07. The standard InChI is InChI=1S/C17H24ClNO/c18-14-11-12-7-3-1-4-8-13(12)15(16(14)20)17(19)9-5-2-6-10-17/h11,20H,1-10,19H2. The summed E-state index contributed by atoms with van der Waals surface area (Å²) in [4.78, 5) is 0.